The Labute approximate surface area is 117 Å². The fraction of sp³-hybridized carbons (Fsp3) is 0.250. The Hall–Kier alpha value is -2.36. The zero-order valence-corrected chi connectivity index (χ0v) is 11.5. The van der Waals surface area contributed by atoms with Crippen molar-refractivity contribution in [1.29, 1.82) is 0 Å². The van der Waals surface area contributed by atoms with E-state index >= 15 is 0 Å². The molecule has 2 rings (SSSR count). The normalized spacial score (nSPS) is 14.1. The Kier molecular flexibility index (Phi) is 4.35. The number of carbonyl (C=O) groups is 2. The van der Waals surface area contributed by atoms with Crippen molar-refractivity contribution in [2.24, 2.45) is 0 Å². The summed E-state index contributed by atoms with van der Waals surface area (Å²) in [5.74, 6) is 0.345. The van der Waals surface area contributed by atoms with Gasteiger partial charge in [-0.05, 0) is 47.8 Å². The average Bonchev–Trinajstić information content (AvgIpc) is 2.51. The largest absolute Gasteiger partial charge is 0.497 e. The van der Waals surface area contributed by atoms with Gasteiger partial charge in [-0.25, -0.2) is 4.79 Å². The van der Waals surface area contributed by atoms with Crippen molar-refractivity contribution >= 4 is 17.8 Å². The lowest BCUT2D eigenvalue weighted by Gasteiger charge is -2.19. The van der Waals surface area contributed by atoms with Gasteiger partial charge in [0.05, 0.1) is 14.2 Å². The van der Waals surface area contributed by atoms with Crippen LogP contribution in [0.3, 0.4) is 0 Å². The topological polar surface area (TPSA) is 52.6 Å². The van der Waals surface area contributed by atoms with Gasteiger partial charge < -0.3 is 9.47 Å². The highest BCUT2D eigenvalue weighted by atomic mass is 16.5. The minimum Gasteiger partial charge on any atom is -0.497 e. The molecule has 0 radical (unpaired) electrons. The monoisotopic (exact) mass is 272 g/mol. The van der Waals surface area contributed by atoms with Crippen LogP contribution >= 0.6 is 0 Å². The Bertz CT molecular complexity index is 596. The summed E-state index contributed by atoms with van der Waals surface area (Å²) < 4.78 is 9.78. The number of allylic oxidation sites excluding steroid dienone is 3. The maximum Gasteiger partial charge on any atom is 0.330 e. The Morgan fingerprint density at radius 3 is 2.70 bits per heavy atom. The van der Waals surface area contributed by atoms with Gasteiger partial charge in [-0.1, -0.05) is 6.07 Å². The molecule has 104 valence electrons. The van der Waals surface area contributed by atoms with Crippen LogP contribution in [0.15, 0.2) is 35.9 Å². The number of aldehydes is 1. The molecule has 0 unspecified atom stereocenters. The van der Waals surface area contributed by atoms with Crippen LogP contribution in [0, 0.1) is 0 Å². The number of benzene rings is 1. The Balaban J connectivity index is 2.46. The zero-order valence-electron chi connectivity index (χ0n) is 11.5. The van der Waals surface area contributed by atoms with Gasteiger partial charge in [-0.2, -0.15) is 0 Å². The molecule has 0 aliphatic heterocycles. The van der Waals surface area contributed by atoms with Crippen LogP contribution in [-0.4, -0.2) is 26.5 Å². The molecule has 20 heavy (non-hydrogen) atoms. The number of hydrogen-bond acceptors (Lipinski definition) is 4. The molecule has 0 aromatic heterocycles. The maximum atomic E-state index is 11.2. The van der Waals surface area contributed by atoms with Gasteiger partial charge in [0, 0.05) is 11.6 Å². The molecule has 1 aliphatic carbocycles. The lowest BCUT2D eigenvalue weighted by atomic mass is 9.85. The van der Waals surface area contributed by atoms with Crippen LogP contribution in [0.1, 0.15) is 17.5 Å². The molecule has 4 nitrogen and oxygen atoms in total. The first-order valence-corrected chi connectivity index (χ1v) is 6.31. The standard InChI is InChI=1S/C16H16O4/c1-19-13-5-6-14-11(9-13)3-4-12(10-17)15(14)7-8-16(18)20-2/h5-10H,3-4H2,1-2H3/b8-7+. The highest BCUT2D eigenvalue weighted by Crippen LogP contribution is 2.33. The van der Waals surface area contributed by atoms with Crippen molar-refractivity contribution in [3.63, 3.8) is 0 Å². The van der Waals surface area contributed by atoms with Crippen LogP contribution in [0.2, 0.25) is 0 Å². The summed E-state index contributed by atoms with van der Waals surface area (Å²) in [6.45, 7) is 0. The van der Waals surface area contributed by atoms with Gasteiger partial charge in [-0.15, -0.1) is 0 Å². The van der Waals surface area contributed by atoms with Crippen molar-refractivity contribution in [2.45, 2.75) is 12.8 Å². The summed E-state index contributed by atoms with van der Waals surface area (Å²) in [6.07, 6.45) is 5.27. The van der Waals surface area contributed by atoms with Gasteiger partial charge in [0.1, 0.15) is 12.0 Å². The molecule has 4 heteroatoms. The highest BCUT2D eigenvalue weighted by molar-refractivity contribution is 5.96. The minimum atomic E-state index is -0.441. The van der Waals surface area contributed by atoms with E-state index in [1.54, 1.807) is 13.2 Å². The van der Waals surface area contributed by atoms with E-state index in [0.717, 1.165) is 35.2 Å². The molecule has 1 aromatic carbocycles. The number of hydrogen-bond donors (Lipinski definition) is 0. The summed E-state index contributed by atoms with van der Waals surface area (Å²) in [6, 6.07) is 5.72. The van der Waals surface area contributed by atoms with E-state index in [4.69, 9.17) is 4.74 Å². The first-order valence-electron chi connectivity index (χ1n) is 6.31. The SMILES string of the molecule is COC(=O)/C=C/C1=C(C=O)CCc2cc(OC)ccc21. The molecule has 0 spiro atoms. The Morgan fingerprint density at radius 1 is 1.25 bits per heavy atom. The zero-order chi connectivity index (χ0) is 14.5. The van der Waals surface area contributed by atoms with Crippen LogP contribution in [0.4, 0.5) is 0 Å². The number of ether oxygens (including phenoxy) is 2. The molecule has 0 saturated heterocycles. The second-order valence-corrected chi connectivity index (χ2v) is 4.44. The molecular formula is C16H16O4. The number of esters is 1. The summed E-state index contributed by atoms with van der Waals surface area (Å²) in [5, 5.41) is 0. The van der Waals surface area contributed by atoms with Crippen molar-refractivity contribution < 1.29 is 19.1 Å². The Morgan fingerprint density at radius 2 is 2.05 bits per heavy atom. The molecule has 0 bridgehead atoms. The van der Waals surface area contributed by atoms with Gasteiger partial charge in [0.25, 0.3) is 0 Å². The molecule has 0 saturated carbocycles. The summed E-state index contributed by atoms with van der Waals surface area (Å²) in [7, 11) is 2.94. The predicted molar refractivity (Wildman–Crippen MR) is 75.5 cm³/mol. The lowest BCUT2D eigenvalue weighted by molar-refractivity contribution is -0.134. The number of fused-ring (bicyclic) bond motifs is 1. The van der Waals surface area contributed by atoms with E-state index in [2.05, 4.69) is 4.74 Å². The number of rotatable bonds is 4. The average molecular weight is 272 g/mol. The second-order valence-electron chi connectivity index (χ2n) is 4.44. The smallest absolute Gasteiger partial charge is 0.330 e. The molecule has 0 atom stereocenters. The molecule has 0 heterocycles. The third-order valence-corrected chi connectivity index (χ3v) is 3.34. The van der Waals surface area contributed by atoms with Crippen LogP contribution < -0.4 is 4.74 Å². The van der Waals surface area contributed by atoms with Gasteiger partial charge in [0.15, 0.2) is 0 Å². The first-order chi connectivity index (χ1) is 9.69. The van der Waals surface area contributed by atoms with Crippen LogP contribution in [0.5, 0.6) is 5.75 Å². The number of aryl methyl sites for hydroxylation is 1. The lowest BCUT2D eigenvalue weighted by Crippen LogP contribution is -2.06. The van der Waals surface area contributed by atoms with Gasteiger partial charge in [0.2, 0.25) is 0 Å². The van der Waals surface area contributed by atoms with Crippen LogP contribution in [-0.2, 0) is 20.7 Å². The number of methoxy groups -OCH3 is 2. The fourth-order valence-electron chi connectivity index (χ4n) is 2.28. The van der Waals surface area contributed by atoms with E-state index in [-0.39, 0.29) is 0 Å². The van der Waals surface area contributed by atoms with Crippen molar-refractivity contribution in [2.75, 3.05) is 14.2 Å². The van der Waals surface area contributed by atoms with E-state index in [1.165, 1.54) is 13.2 Å². The summed E-state index contributed by atoms with van der Waals surface area (Å²) in [4.78, 5) is 22.4. The number of carbonyl (C=O) groups excluding carboxylic acids is 2. The quantitative estimate of drug-likeness (QED) is 0.479. The van der Waals surface area contributed by atoms with Crippen LogP contribution in [0.25, 0.3) is 5.57 Å². The van der Waals surface area contributed by atoms with Crippen molar-refractivity contribution in [3.8, 4) is 5.75 Å². The van der Waals surface area contributed by atoms with Crippen molar-refractivity contribution in [3.05, 3.63) is 47.1 Å². The summed E-state index contributed by atoms with van der Waals surface area (Å²) >= 11 is 0. The first kappa shape index (κ1) is 14.1. The predicted octanol–water partition coefficient (Wildman–Crippen LogP) is 2.32. The molecule has 1 aliphatic rings. The third-order valence-electron chi connectivity index (χ3n) is 3.34. The minimum absolute atomic E-state index is 0.441. The summed E-state index contributed by atoms with van der Waals surface area (Å²) in [5.41, 5.74) is 3.54. The maximum absolute atomic E-state index is 11.2. The molecule has 0 N–H and O–H groups in total. The van der Waals surface area contributed by atoms with E-state index in [9.17, 15) is 9.59 Å². The van der Waals surface area contributed by atoms with Gasteiger partial charge >= 0.3 is 5.97 Å². The molecule has 1 aromatic rings. The third kappa shape index (κ3) is 2.79. The fourth-order valence-corrected chi connectivity index (χ4v) is 2.28. The highest BCUT2D eigenvalue weighted by Gasteiger charge is 2.17. The molecular weight excluding hydrogens is 256 g/mol. The molecule has 0 fully saturated rings. The van der Waals surface area contributed by atoms with E-state index in [1.807, 2.05) is 18.2 Å². The van der Waals surface area contributed by atoms with E-state index in [0.29, 0.717) is 12.0 Å². The van der Waals surface area contributed by atoms with Crippen molar-refractivity contribution in [1.82, 2.24) is 0 Å². The molecule has 0 amide bonds. The van der Waals surface area contributed by atoms with Gasteiger partial charge in [-0.3, -0.25) is 4.79 Å². The second kappa shape index (κ2) is 6.19. The van der Waals surface area contributed by atoms with E-state index < -0.39 is 5.97 Å².